The summed E-state index contributed by atoms with van der Waals surface area (Å²) in [6, 6.07) is 4.44. The Hall–Kier alpha value is -2.75. The topological polar surface area (TPSA) is 91.0 Å². The van der Waals surface area contributed by atoms with E-state index in [0.717, 1.165) is 12.1 Å². The second-order valence-electron chi connectivity index (χ2n) is 6.18. The lowest BCUT2D eigenvalue weighted by Crippen LogP contribution is -2.32. The van der Waals surface area contributed by atoms with Crippen molar-refractivity contribution in [2.24, 2.45) is 0 Å². The van der Waals surface area contributed by atoms with Gasteiger partial charge in [-0.05, 0) is 26.2 Å². The molecule has 0 aliphatic carbocycles. The number of aromatic amines is 1. The molecule has 7 nitrogen and oxygen atoms in total. The zero-order valence-electron chi connectivity index (χ0n) is 14.9. The molecule has 0 radical (unpaired) electrons. The first-order valence-corrected chi connectivity index (χ1v) is 8.22. The number of hydrogen-bond acceptors (Lipinski definition) is 5. The van der Waals surface area contributed by atoms with Gasteiger partial charge in [0, 0.05) is 31.5 Å². The van der Waals surface area contributed by atoms with Crippen molar-refractivity contribution in [1.29, 1.82) is 0 Å². The summed E-state index contributed by atoms with van der Waals surface area (Å²) in [5, 5.41) is 10.3. The van der Waals surface area contributed by atoms with Crippen LogP contribution in [-0.4, -0.2) is 53.2 Å². The number of nitrogens with zero attached hydrogens (tertiary/aromatic N) is 3. The average Bonchev–Trinajstić information content (AvgIpc) is 2.59. The van der Waals surface area contributed by atoms with Crippen LogP contribution in [0.5, 0.6) is 0 Å². The van der Waals surface area contributed by atoms with E-state index in [-0.39, 0.29) is 35.8 Å². The third-order valence-corrected chi connectivity index (χ3v) is 3.70. The van der Waals surface area contributed by atoms with Gasteiger partial charge in [0.25, 0.3) is 5.56 Å². The van der Waals surface area contributed by atoms with E-state index >= 15 is 0 Å². The van der Waals surface area contributed by atoms with Crippen LogP contribution in [0, 0.1) is 0 Å². The number of carbonyl (C=O) groups is 1. The summed E-state index contributed by atoms with van der Waals surface area (Å²) in [4.78, 5) is 28.2. The summed E-state index contributed by atoms with van der Waals surface area (Å²) in [6.07, 6.45) is -4.35. The zero-order chi connectivity index (χ0) is 20.0. The Kier molecular flexibility index (Phi) is 6.67. The second kappa shape index (κ2) is 8.76. The number of H-pyrrole nitrogens is 1. The van der Waals surface area contributed by atoms with Crippen LogP contribution in [0.2, 0.25) is 0 Å². The highest BCUT2D eigenvalue weighted by molar-refractivity contribution is 5.76. The van der Waals surface area contributed by atoms with Crippen LogP contribution in [0.25, 0.3) is 11.4 Å². The van der Waals surface area contributed by atoms with Crippen molar-refractivity contribution in [1.82, 2.24) is 25.4 Å². The van der Waals surface area contributed by atoms with Gasteiger partial charge in [-0.25, -0.2) is 0 Å². The van der Waals surface area contributed by atoms with Crippen molar-refractivity contribution in [3.05, 3.63) is 45.9 Å². The molecule has 1 aromatic heterocycles. The average molecular weight is 383 g/mol. The molecule has 27 heavy (non-hydrogen) atoms. The molecular formula is C17H20F3N5O2. The van der Waals surface area contributed by atoms with Gasteiger partial charge in [-0.3, -0.25) is 9.59 Å². The molecule has 1 heterocycles. The van der Waals surface area contributed by atoms with E-state index in [4.69, 9.17) is 0 Å². The normalized spacial score (nSPS) is 11.6. The van der Waals surface area contributed by atoms with Crippen molar-refractivity contribution in [3.8, 4) is 11.4 Å². The van der Waals surface area contributed by atoms with Crippen molar-refractivity contribution in [3.63, 3.8) is 0 Å². The van der Waals surface area contributed by atoms with Gasteiger partial charge in [-0.1, -0.05) is 12.1 Å². The van der Waals surface area contributed by atoms with Crippen molar-refractivity contribution >= 4 is 5.91 Å². The van der Waals surface area contributed by atoms with Gasteiger partial charge in [-0.15, -0.1) is 10.2 Å². The van der Waals surface area contributed by atoms with E-state index < -0.39 is 17.3 Å². The molecule has 0 aliphatic heterocycles. The number of halogens is 3. The Labute approximate surface area is 153 Å². The van der Waals surface area contributed by atoms with Crippen molar-refractivity contribution < 1.29 is 18.0 Å². The van der Waals surface area contributed by atoms with Crippen molar-refractivity contribution in [2.45, 2.75) is 19.0 Å². The highest BCUT2D eigenvalue weighted by atomic mass is 19.4. The van der Waals surface area contributed by atoms with Gasteiger partial charge in [0.15, 0.2) is 5.82 Å². The smallest absolute Gasteiger partial charge is 0.355 e. The molecular weight excluding hydrogens is 363 g/mol. The number of hydrogen-bond donors (Lipinski definition) is 2. The van der Waals surface area contributed by atoms with Gasteiger partial charge >= 0.3 is 6.18 Å². The minimum absolute atomic E-state index is 0.0495. The number of rotatable bonds is 7. The third-order valence-electron chi connectivity index (χ3n) is 3.70. The second-order valence-corrected chi connectivity index (χ2v) is 6.18. The van der Waals surface area contributed by atoms with E-state index in [9.17, 15) is 22.8 Å². The van der Waals surface area contributed by atoms with E-state index in [1.54, 1.807) is 0 Å². The number of alkyl halides is 3. The molecule has 2 rings (SSSR count). The first-order chi connectivity index (χ1) is 12.7. The van der Waals surface area contributed by atoms with Gasteiger partial charge in [-0.2, -0.15) is 13.2 Å². The van der Waals surface area contributed by atoms with Crippen LogP contribution in [0.3, 0.4) is 0 Å². The summed E-state index contributed by atoms with van der Waals surface area (Å²) < 4.78 is 38.4. The van der Waals surface area contributed by atoms with E-state index in [2.05, 4.69) is 20.5 Å². The molecule has 146 valence electrons. The van der Waals surface area contributed by atoms with Crippen LogP contribution < -0.4 is 10.9 Å². The SMILES string of the molecule is CN(C)CCNC(=O)CCc1nnc(-c2cccc(C(F)(F)F)c2)[nH]c1=O. The minimum atomic E-state index is -4.50. The maximum Gasteiger partial charge on any atom is 0.416 e. The molecule has 0 aliphatic rings. The highest BCUT2D eigenvalue weighted by Gasteiger charge is 2.30. The maximum atomic E-state index is 12.8. The summed E-state index contributed by atoms with van der Waals surface area (Å²) in [6.45, 7) is 1.18. The van der Waals surface area contributed by atoms with E-state index in [1.165, 1.54) is 12.1 Å². The Morgan fingerprint density at radius 2 is 2.00 bits per heavy atom. The number of nitrogens with one attached hydrogen (secondary N) is 2. The van der Waals surface area contributed by atoms with E-state index in [0.29, 0.717) is 13.1 Å². The molecule has 0 atom stereocenters. The lowest BCUT2D eigenvalue weighted by Gasteiger charge is -2.10. The monoisotopic (exact) mass is 383 g/mol. The van der Waals surface area contributed by atoms with Crippen LogP contribution in [0.1, 0.15) is 17.7 Å². The molecule has 2 N–H and O–H groups in total. The van der Waals surface area contributed by atoms with Crippen molar-refractivity contribution in [2.75, 3.05) is 27.2 Å². The van der Waals surface area contributed by atoms with Crippen LogP contribution in [0.15, 0.2) is 29.1 Å². The number of likely N-dealkylation sites (N-methyl/N-ethyl adjacent to an activating group) is 1. The van der Waals surface area contributed by atoms with Crippen LogP contribution in [0.4, 0.5) is 13.2 Å². The van der Waals surface area contributed by atoms with Gasteiger partial charge in [0.2, 0.25) is 5.91 Å². The van der Waals surface area contributed by atoms with Gasteiger partial charge < -0.3 is 15.2 Å². The van der Waals surface area contributed by atoms with E-state index in [1.807, 2.05) is 19.0 Å². The highest BCUT2D eigenvalue weighted by Crippen LogP contribution is 2.31. The number of benzene rings is 1. The first kappa shape index (κ1) is 20.6. The van der Waals surface area contributed by atoms with Gasteiger partial charge in [0.05, 0.1) is 5.56 Å². The lowest BCUT2D eigenvalue weighted by atomic mass is 10.1. The Bertz CT molecular complexity index is 849. The molecule has 10 heteroatoms. The summed E-state index contributed by atoms with van der Waals surface area (Å²) in [5.74, 6) is -0.287. The summed E-state index contributed by atoms with van der Waals surface area (Å²) in [7, 11) is 3.76. The number of carbonyl (C=O) groups excluding carboxylic acids is 1. The Morgan fingerprint density at radius 3 is 2.63 bits per heavy atom. The molecule has 0 fully saturated rings. The fourth-order valence-corrected chi connectivity index (χ4v) is 2.24. The minimum Gasteiger partial charge on any atom is -0.355 e. The first-order valence-electron chi connectivity index (χ1n) is 8.22. The Balaban J connectivity index is 2.04. The molecule has 0 saturated heterocycles. The molecule has 0 spiro atoms. The molecule has 0 bridgehead atoms. The Morgan fingerprint density at radius 1 is 1.26 bits per heavy atom. The summed E-state index contributed by atoms with van der Waals surface area (Å²) in [5.41, 5.74) is -1.28. The predicted molar refractivity (Wildman–Crippen MR) is 93.0 cm³/mol. The number of aromatic nitrogens is 3. The van der Waals surface area contributed by atoms with Crippen LogP contribution >= 0.6 is 0 Å². The number of amides is 1. The lowest BCUT2D eigenvalue weighted by molar-refractivity contribution is -0.137. The van der Waals surface area contributed by atoms with Gasteiger partial charge in [0.1, 0.15) is 5.69 Å². The maximum absolute atomic E-state index is 12.8. The molecule has 2 aromatic rings. The predicted octanol–water partition coefficient (Wildman–Crippen LogP) is 1.46. The fraction of sp³-hybridized carbons (Fsp3) is 0.412. The standard InChI is InChI=1S/C17H20F3N5O2/c1-25(2)9-8-21-14(26)7-6-13-16(27)22-15(24-23-13)11-4-3-5-12(10-11)17(18,19)20/h3-5,10H,6-9H2,1-2H3,(H,21,26)(H,22,24,27). The zero-order valence-corrected chi connectivity index (χ0v) is 14.9. The fourth-order valence-electron chi connectivity index (χ4n) is 2.24. The molecule has 1 amide bonds. The third kappa shape index (κ3) is 6.17. The molecule has 1 aromatic carbocycles. The summed E-state index contributed by atoms with van der Waals surface area (Å²) >= 11 is 0. The largest absolute Gasteiger partial charge is 0.416 e. The molecule has 0 unspecified atom stereocenters. The van der Waals surface area contributed by atoms with Crippen LogP contribution in [-0.2, 0) is 17.4 Å². The molecule has 0 saturated carbocycles. The number of aryl methyl sites for hydroxylation is 1. The quantitative estimate of drug-likeness (QED) is 0.756.